The number of rotatable bonds is 6. The lowest BCUT2D eigenvalue weighted by Gasteiger charge is -2.35. The van der Waals surface area contributed by atoms with Crippen LogP contribution < -0.4 is 4.90 Å². The van der Waals surface area contributed by atoms with E-state index >= 15 is 0 Å². The standard InChI is InChI=1S/C20H27N5O4S/c1-14(2)18-13-19(22-20(21-18)15(3)4)23-8-10-24(11-9-23)30(28,29)17-7-5-6-16(12-17)25(26)27/h5-7,12-15H,8-11H2,1-4H3. The highest BCUT2D eigenvalue weighted by atomic mass is 32.2. The Morgan fingerprint density at radius 1 is 1.00 bits per heavy atom. The second-order valence-corrected chi connectivity index (χ2v) is 9.90. The van der Waals surface area contributed by atoms with Gasteiger partial charge in [0.15, 0.2) is 0 Å². The summed E-state index contributed by atoms with van der Waals surface area (Å²) >= 11 is 0. The van der Waals surface area contributed by atoms with Crippen molar-refractivity contribution in [3.05, 3.63) is 52.0 Å². The Morgan fingerprint density at radius 3 is 2.23 bits per heavy atom. The number of aromatic nitrogens is 2. The highest BCUT2D eigenvalue weighted by Crippen LogP contribution is 2.25. The van der Waals surface area contributed by atoms with E-state index in [0.29, 0.717) is 13.1 Å². The second kappa shape index (κ2) is 8.65. The topological polar surface area (TPSA) is 110 Å². The van der Waals surface area contributed by atoms with Crippen LogP contribution >= 0.6 is 0 Å². The second-order valence-electron chi connectivity index (χ2n) is 7.96. The number of non-ortho nitro benzene ring substituents is 1. The predicted molar refractivity (Wildman–Crippen MR) is 114 cm³/mol. The van der Waals surface area contributed by atoms with Crippen molar-refractivity contribution >= 4 is 21.5 Å². The fourth-order valence-electron chi connectivity index (χ4n) is 3.25. The Labute approximate surface area is 177 Å². The molecule has 2 aromatic rings. The zero-order chi connectivity index (χ0) is 22.1. The van der Waals surface area contributed by atoms with Crippen molar-refractivity contribution in [2.45, 2.75) is 44.4 Å². The van der Waals surface area contributed by atoms with Gasteiger partial charge in [-0.25, -0.2) is 18.4 Å². The van der Waals surface area contributed by atoms with Crippen LogP contribution in [0.4, 0.5) is 11.5 Å². The monoisotopic (exact) mass is 433 g/mol. The summed E-state index contributed by atoms with van der Waals surface area (Å²) < 4.78 is 27.3. The van der Waals surface area contributed by atoms with Crippen LogP contribution in [0.2, 0.25) is 0 Å². The molecule has 3 rings (SSSR count). The van der Waals surface area contributed by atoms with Crippen LogP contribution in [-0.4, -0.2) is 53.8 Å². The van der Waals surface area contributed by atoms with Gasteiger partial charge in [-0.15, -0.1) is 0 Å². The summed E-state index contributed by atoms with van der Waals surface area (Å²) in [6.07, 6.45) is 0. The average Bonchev–Trinajstić information content (AvgIpc) is 2.73. The molecule has 0 radical (unpaired) electrons. The third-order valence-corrected chi connectivity index (χ3v) is 6.98. The third-order valence-electron chi connectivity index (χ3n) is 5.09. The quantitative estimate of drug-likeness (QED) is 0.508. The van der Waals surface area contributed by atoms with Gasteiger partial charge in [0, 0.05) is 56.0 Å². The molecule has 162 valence electrons. The zero-order valence-corrected chi connectivity index (χ0v) is 18.5. The van der Waals surface area contributed by atoms with Gasteiger partial charge in [-0.3, -0.25) is 10.1 Å². The maximum atomic E-state index is 13.0. The van der Waals surface area contributed by atoms with Crippen LogP contribution in [0.15, 0.2) is 35.2 Å². The zero-order valence-electron chi connectivity index (χ0n) is 17.6. The summed E-state index contributed by atoms with van der Waals surface area (Å²) in [5.74, 6) is 2.05. The molecule has 0 atom stereocenters. The van der Waals surface area contributed by atoms with Gasteiger partial charge in [-0.1, -0.05) is 33.8 Å². The smallest absolute Gasteiger partial charge is 0.270 e. The van der Waals surface area contributed by atoms with E-state index in [0.717, 1.165) is 23.4 Å². The Balaban J connectivity index is 1.79. The molecule has 30 heavy (non-hydrogen) atoms. The summed E-state index contributed by atoms with van der Waals surface area (Å²) in [5, 5.41) is 11.0. The van der Waals surface area contributed by atoms with Gasteiger partial charge in [0.05, 0.1) is 9.82 Å². The Morgan fingerprint density at radius 2 is 1.67 bits per heavy atom. The first-order chi connectivity index (χ1) is 14.1. The van der Waals surface area contributed by atoms with E-state index in [1.54, 1.807) is 0 Å². The molecule has 0 unspecified atom stereocenters. The largest absolute Gasteiger partial charge is 0.354 e. The molecule has 0 amide bonds. The summed E-state index contributed by atoms with van der Waals surface area (Å²) in [5.41, 5.74) is 0.730. The van der Waals surface area contributed by atoms with E-state index in [1.165, 1.54) is 22.5 Å². The molecule has 1 aromatic heterocycles. The van der Waals surface area contributed by atoms with E-state index in [4.69, 9.17) is 0 Å². The van der Waals surface area contributed by atoms with Crippen LogP contribution in [0, 0.1) is 10.1 Å². The van der Waals surface area contributed by atoms with Gasteiger partial charge in [0.25, 0.3) is 5.69 Å². The number of hydrogen-bond acceptors (Lipinski definition) is 7. The van der Waals surface area contributed by atoms with E-state index in [1.807, 2.05) is 19.9 Å². The predicted octanol–water partition coefficient (Wildman–Crippen LogP) is 3.14. The maximum Gasteiger partial charge on any atom is 0.270 e. The molecule has 1 aliphatic rings. The number of anilines is 1. The molecule has 0 bridgehead atoms. The lowest BCUT2D eigenvalue weighted by atomic mass is 10.1. The van der Waals surface area contributed by atoms with Gasteiger partial charge in [0.1, 0.15) is 11.6 Å². The highest BCUT2D eigenvalue weighted by Gasteiger charge is 2.30. The molecule has 0 aliphatic carbocycles. The maximum absolute atomic E-state index is 13.0. The van der Waals surface area contributed by atoms with Crippen molar-refractivity contribution in [1.29, 1.82) is 0 Å². The van der Waals surface area contributed by atoms with E-state index in [9.17, 15) is 18.5 Å². The Bertz CT molecular complexity index is 1000. The summed E-state index contributed by atoms with van der Waals surface area (Å²) in [6.45, 7) is 9.80. The van der Waals surface area contributed by atoms with Crippen molar-refractivity contribution in [1.82, 2.24) is 14.3 Å². The Kier molecular flexibility index (Phi) is 6.37. The molecular weight excluding hydrogens is 406 g/mol. The van der Waals surface area contributed by atoms with E-state index in [-0.39, 0.29) is 35.5 Å². The SMILES string of the molecule is CC(C)c1cc(N2CCN(S(=O)(=O)c3cccc([N+](=O)[O-])c3)CC2)nc(C(C)C)n1. The number of nitro benzene ring substituents is 1. The molecule has 1 aromatic carbocycles. The molecule has 9 nitrogen and oxygen atoms in total. The summed E-state index contributed by atoms with van der Waals surface area (Å²) in [4.78, 5) is 21.7. The van der Waals surface area contributed by atoms with Gasteiger partial charge in [-0.05, 0) is 12.0 Å². The van der Waals surface area contributed by atoms with Crippen molar-refractivity contribution in [2.24, 2.45) is 0 Å². The minimum absolute atomic E-state index is 0.0589. The summed E-state index contributed by atoms with van der Waals surface area (Å²) in [6, 6.07) is 7.15. The molecule has 10 heteroatoms. The fraction of sp³-hybridized carbons (Fsp3) is 0.500. The number of nitrogens with zero attached hydrogens (tertiary/aromatic N) is 5. The van der Waals surface area contributed by atoms with Crippen LogP contribution in [0.5, 0.6) is 0 Å². The van der Waals surface area contributed by atoms with Gasteiger partial charge < -0.3 is 4.90 Å². The molecular formula is C20H27N5O4S. The van der Waals surface area contributed by atoms with Crippen LogP contribution in [0.1, 0.15) is 51.0 Å². The van der Waals surface area contributed by atoms with E-state index < -0.39 is 14.9 Å². The van der Waals surface area contributed by atoms with E-state index in [2.05, 4.69) is 28.7 Å². The van der Waals surface area contributed by atoms with Gasteiger partial charge in [0.2, 0.25) is 10.0 Å². The lowest BCUT2D eigenvalue weighted by Crippen LogP contribution is -2.49. The Hall–Kier alpha value is -2.59. The summed E-state index contributed by atoms with van der Waals surface area (Å²) in [7, 11) is -3.80. The molecule has 1 aliphatic heterocycles. The van der Waals surface area contributed by atoms with Crippen LogP contribution in [0.25, 0.3) is 0 Å². The lowest BCUT2D eigenvalue weighted by molar-refractivity contribution is -0.385. The molecule has 0 saturated carbocycles. The fourth-order valence-corrected chi connectivity index (χ4v) is 4.71. The molecule has 0 spiro atoms. The molecule has 2 heterocycles. The molecule has 1 saturated heterocycles. The third kappa shape index (κ3) is 4.59. The number of hydrogen-bond donors (Lipinski definition) is 0. The number of piperazine rings is 1. The molecule has 1 fully saturated rings. The number of nitro groups is 1. The van der Waals surface area contributed by atoms with Gasteiger partial charge in [-0.2, -0.15) is 4.31 Å². The minimum atomic E-state index is -3.80. The number of benzene rings is 1. The normalized spacial score (nSPS) is 15.7. The first kappa shape index (κ1) is 22.1. The average molecular weight is 434 g/mol. The van der Waals surface area contributed by atoms with Crippen LogP contribution in [0.3, 0.4) is 0 Å². The van der Waals surface area contributed by atoms with Gasteiger partial charge >= 0.3 is 0 Å². The minimum Gasteiger partial charge on any atom is -0.354 e. The first-order valence-electron chi connectivity index (χ1n) is 9.98. The molecule has 0 N–H and O–H groups in total. The first-order valence-corrected chi connectivity index (χ1v) is 11.4. The van der Waals surface area contributed by atoms with Crippen molar-refractivity contribution in [3.8, 4) is 0 Å². The van der Waals surface area contributed by atoms with Crippen LogP contribution in [-0.2, 0) is 10.0 Å². The number of sulfonamides is 1. The van der Waals surface area contributed by atoms with Crippen molar-refractivity contribution in [2.75, 3.05) is 31.1 Å². The van der Waals surface area contributed by atoms with Crippen molar-refractivity contribution < 1.29 is 13.3 Å². The van der Waals surface area contributed by atoms with Crippen molar-refractivity contribution in [3.63, 3.8) is 0 Å². The highest BCUT2D eigenvalue weighted by molar-refractivity contribution is 7.89.